The minimum atomic E-state index is 0.0791. The van der Waals surface area contributed by atoms with Crippen molar-refractivity contribution in [1.29, 1.82) is 0 Å². The molecule has 0 amide bonds. The molecule has 0 aromatic heterocycles. The highest BCUT2D eigenvalue weighted by Crippen LogP contribution is 2.50. The van der Waals surface area contributed by atoms with Gasteiger partial charge in [0, 0.05) is 21.4 Å². The van der Waals surface area contributed by atoms with Gasteiger partial charge in [-0.2, -0.15) is 0 Å². The van der Waals surface area contributed by atoms with Crippen LogP contribution in [-0.4, -0.2) is 9.52 Å². The molecule has 0 heterocycles. The van der Waals surface area contributed by atoms with Crippen molar-refractivity contribution in [3.05, 3.63) is 127 Å². The molecular formula is C56H74Si. The molecule has 2 aliphatic rings. The van der Waals surface area contributed by atoms with Gasteiger partial charge in [0.25, 0.3) is 0 Å². The van der Waals surface area contributed by atoms with Crippen LogP contribution in [0, 0.1) is 0 Å². The van der Waals surface area contributed by atoms with Gasteiger partial charge in [-0.05, 0) is 125 Å². The van der Waals surface area contributed by atoms with Gasteiger partial charge in [0.05, 0.1) is 0 Å². The molecule has 0 saturated carbocycles. The molecule has 57 heavy (non-hydrogen) atoms. The molecule has 0 bridgehead atoms. The van der Waals surface area contributed by atoms with Gasteiger partial charge in [0.2, 0.25) is 0 Å². The summed E-state index contributed by atoms with van der Waals surface area (Å²) in [6.45, 7) is 42.5. The van der Waals surface area contributed by atoms with Crippen LogP contribution in [0.5, 0.6) is 0 Å². The van der Waals surface area contributed by atoms with Crippen LogP contribution in [0.1, 0.15) is 204 Å². The van der Waals surface area contributed by atoms with Gasteiger partial charge in [-0.25, -0.2) is 0 Å². The number of benzene rings is 4. The predicted octanol–water partition coefficient (Wildman–Crippen LogP) is 16.7. The van der Waals surface area contributed by atoms with Crippen LogP contribution >= 0.6 is 0 Å². The molecule has 0 fully saturated rings. The van der Waals surface area contributed by atoms with Gasteiger partial charge in [-0.15, -0.1) is 0 Å². The standard InChI is InChI=1S/C56H74Si/c1-33(2)43-19-21-45-47(51(43)37-25-39(53(7,8)9)29-40(26-37)54(10,11)12)23-35(5)49(45)31-57-32-50-36(6)24-48-46(50)22-20-44(34(3)4)52(48)38-27-41(55(13,14)15)30-42(28-38)56(16,17)18/h19-30,33-34,49-50H,31-32H2,1-18H3. The number of hydrogen-bond donors (Lipinski definition) is 0. The average molecular weight is 775 g/mol. The maximum Gasteiger partial charge on any atom is 0.0397 e. The van der Waals surface area contributed by atoms with E-state index >= 15 is 0 Å². The largest absolute Gasteiger partial charge is 0.0655 e. The van der Waals surface area contributed by atoms with Crippen molar-refractivity contribution in [1.82, 2.24) is 0 Å². The highest BCUT2D eigenvalue weighted by molar-refractivity contribution is 6.36. The summed E-state index contributed by atoms with van der Waals surface area (Å²) in [6, 6.07) is 27.3. The molecule has 2 atom stereocenters. The molecule has 4 aromatic rings. The first-order valence-electron chi connectivity index (χ1n) is 22.0. The van der Waals surface area contributed by atoms with Crippen LogP contribution in [0.15, 0.2) is 71.8 Å². The van der Waals surface area contributed by atoms with E-state index in [0.717, 1.165) is 9.52 Å². The second-order valence-corrected chi connectivity index (χ2v) is 23.8. The Balaban J connectivity index is 1.35. The number of fused-ring (bicyclic) bond motifs is 2. The molecule has 0 saturated heterocycles. The summed E-state index contributed by atoms with van der Waals surface area (Å²) in [7, 11) is 0.888. The Kier molecular flexibility index (Phi) is 11.6. The lowest BCUT2D eigenvalue weighted by atomic mass is 9.77. The quantitative estimate of drug-likeness (QED) is 0.156. The Bertz CT molecular complexity index is 2000. The molecule has 0 spiro atoms. The Morgan fingerprint density at radius 1 is 0.456 bits per heavy atom. The molecule has 0 aliphatic heterocycles. The lowest BCUT2D eigenvalue weighted by molar-refractivity contribution is 0.568. The zero-order valence-electron chi connectivity index (χ0n) is 39.2. The summed E-state index contributed by atoms with van der Waals surface area (Å²) >= 11 is 0. The molecule has 2 unspecified atom stereocenters. The highest BCUT2D eigenvalue weighted by Gasteiger charge is 2.32. The van der Waals surface area contributed by atoms with Crippen molar-refractivity contribution in [3.63, 3.8) is 0 Å². The molecule has 0 N–H and O–H groups in total. The topological polar surface area (TPSA) is 0 Å². The summed E-state index contributed by atoms with van der Waals surface area (Å²) in [5.74, 6) is 1.86. The van der Waals surface area contributed by atoms with E-state index in [2.05, 4.69) is 197 Å². The lowest BCUT2D eigenvalue weighted by Gasteiger charge is -2.28. The van der Waals surface area contributed by atoms with Crippen LogP contribution in [-0.2, 0) is 21.7 Å². The molecule has 0 nitrogen and oxygen atoms in total. The van der Waals surface area contributed by atoms with Gasteiger partial charge in [-0.1, -0.05) is 207 Å². The van der Waals surface area contributed by atoms with Crippen molar-refractivity contribution in [2.45, 2.75) is 182 Å². The summed E-state index contributed by atoms with van der Waals surface area (Å²) in [5, 5.41) is 0. The fourth-order valence-corrected chi connectivity index (χ4v) is 11.0. The van der Waals surface area contributed by atoms with Crippen molar-refractivity contribution in [2.24, 2.45) is 0 Å². The maximum atomic E-state index is 2.56. The summed E-state index contributed by atoms with van der Waals surface area (Å²) in [6.07, 6.45) is 5.11. The van der Waals surface area contributed by atoms with Crippen molar-refractivity contribution in [3.8, 4) is 22.3 Å². The normalized spacial score (nSPS) is 17.3. The van der Waals surface area contributed by atoms with Crippen LogP contribution in [0.4, 0.5) is 0 Å². The maximum absolute atomic E-state index is 2.56. The number of allylic oxidation sites excluding steroid dienone is 2. The first kappa shape index (κ1) is 43.2. The Hall–Kier alpha value is -3.42. The fourth-order valence-electron chi connectivity index (χ4n) is 9.17. The summed E-state index contributed by atoms with van der Waals surface area (Å²) < 4.78 is 0. The fraction of sp³-hybridized carbons (Fsp3) is 0.500. The SMILES string of the molecule is CC1=Cc2c(ccc(C(C)C)c2-c2cc(C(C)(C)C)cc(C(C)(C)C)c2)C1C[Si]CC1C(C)=Cc2c1ccc(C(C)C)c2-c1cc(C(C)(C)C)cc(C(C)(C)C)c1. The Labute approximate surface area is 351 Å². The smallest absolute Gasteiger partial charge is 0.0397 e. The van der Waals surface area contributed by atoms with Crippen molar-refractivity contribution < 1.29 is 0 Å². The van der Waals surface area contributed by atoms with Crippen LogP contribution < -0.4 is 0 Å². The van der Waals surface area contributed by atoms with Gasteiger partial charge < -0.3 is 0 Å². The second kappa shape index (κ2) is 15.3. The van der Waals surface area contributed by atoms with Gasteiger partial charge >= 0.3 is 0 Å². The van der Waals surface area contributed by atoms with E-state index in [1.165, 1.54) is 101 Å². The zero-order chi connectivity index (χ0) is 42.2. The third-order valence-electron chi connectivity index (χ3n) is 13.1. The van der Waals surface area contributed by atoms with Crippen molar-refractivity contribution in [2.75, 3.05) is 0 Å². The Morgan fingerprint density at radius 2 is 0.754 bits per heavy atom. The molecule has 4 aromatic carbocycles. The third kappa shape index (κ3) is 8.67. The minimum Gasteiger partial charge on any atom is -0.0655 e. The van der Waals surface area contributed by atoms with Crippen molar-refractivity contribution >= 4 is 21.7 Å². The summed E-state index contributed by atoms with van der Waals surface area (Å²) in [5.41, 5.74) is 23.7. The van der Waals surface area contributed by atoms with E-state index in [4.69, 9.17) is 0 Å². The van der Waals surface area contributed by atoms with E-state index in [1.807, 2.05) is 0 Å². The molecule has 2 aliphatic carbocycles. The summed E-state index contributed by atoms with van der Waals surface area (Å²) in [4.78, 5) is 0. The average Bonchev–Trinajstić information content (AvgIpc) is 3.59. The third-order valence-corrected chi connectivity index (χ3v) is 14.5. The van der Waals surface area contributed by atoms with Gasteiger partial charge in [0.15, 0.2) is 0 Å². The first-order valence-corrected chi connectivity index (χ1v) is 23.4. The number of hydrogen-bond acceptors (Lipinski definition) is 0. The molecule has 302 valence electrons. The van der Waals surface area contributed by atoms with E-state index in [9.17, 15) is 0 Å². The second-order valence-electron chi connectivity index (χ2n) is 22.5. The van der Waals surface area contributed by atoms with Gasteiger partial charge in [0.1, 0.15) is 0 Å². The molecular weight excluding hydrogens is 701 g/mol. The highest BCUT2D eigenvalue weighted by atomic mass is 28.2. The lowest BCUT2D eigenvalue weighted by Crippen LogP contribution is -2.16. The van der Waals surface area contributed by atoms with E-state index < -0.39 is 0 Å². The van der Waals surface area contributed by atoms with E-state index in [0.29, 0.717) is 23.7 Å². The molecule has 6 rings (SSSR count). The molecule has 2 radical (unpaired) electrons. The van der Waals surface area contributed by atoms with Gasteiger partial charge in [-0.3, -0.25) is 0 Å². The minimum absolute atomic E-state index is 0.0791. The zero-order valence-corrected chi connectivity index (χ0v) is 40.2. The van der Waals surface area contributed by atoms with Crippen LogP contribution in [0.25, 0.3) is 34.4 Å². The first-order chi connectivity index (χ1) is 26.3. The van der Waals surface area contributed by atoms with E-state index in [1.54, 1.807) is 0 Å². The monoisotopic (exact) mass is 775 g/mol. The predicted molar refractivity (Wildman–Crippen MR) is 255 cm³/mol. The molecule has 1 heteroatoms. The Morgan fingerprint density at radius 3 is 1.02 bits per heavy atom. The number of rotatable bonds is 8. The van der Waals surface area contributed by atoms with Crippen LogP contribution in [0.2, 0.25) is 12.1 Å². The van der Waals surface area contributed by atoms with Crippen LogP contribution in [0.3, 0.4) is 0 Å². The van der Waals surface area contributed by atoms with E-state index in [-0.39, 0.29) is 21.7 Å².